The Kier molecular flexibility index (Phi) is 5.28. The Balaban J connectivity index is 1.59. The first-order valence-electron chi connectivity index (χ1n) is 8.76. The van der Waals surface area contributed by atoms with E-state index in [0.29, 0.717) is 15.8 Å². The van der Waals surface area contributed by atoms with Crippen molar-refractivity contribution in [3.05, 3.63) is 89.9 Å². The van der Waals surface area contributed by atoms with E-state index in [4.69, 9.17) is 17.0 Å². The third-order valence-electron chi connectivity index (χ3n) is 4.33. The minimum atomic E-state index is -0.0998. The normalized spacial score (nSPS) is 15.4. The van der Waals surface area contributed by atoms with Gasteiger partial charge < -0.3 is 4.74 Å². The number of rotatable bonds is 5. The van der Waals surface area contributed by atoms with Gasteiger partial charge in [-0.05, 0) is 46.7 Å². The number of hydrogen-bond acceptors (Lipinski definition) is 4. The molecule has 3 aromatic carbocycles. The van der Waals surface area contributed by atoms with Crippen molar-refractivity contribution in [1.82, 2.24) is 0 Å². The molecule has 0 saturated carbocycles. The summed E-state index contributed by atoms with van der Waals surface area (Å²) in [5, 5.41) is 2.21. The van der Waals surface area contributed by atoms with Crippen molar-refractivity contribution in [2.75, 3.05) is 11.5 Å². The molecule has 1 aliphatic heterocycles. The van der Waals surface area contributed by atoms with Crippen LogP contribution in [-0.4, -0.2) is 16.8 Å². The Labute approximate surface area is 173 Å². The van der Waals surface area contributed by atoms with Crippen LogP contribution in [0.25, 0.3) is 16.8 Å². The number of thioether (sulfide) groups is 1. The van der Waals surface area contributed by atoms with Crippen LogP contribution in [0.4, 0.5) is 5.69 Å². The minimum absolute atomic E-state index is 0.0998. The number of thiocarbonyl (C=S) groups is 1. The first-order chi connectivity index (χ1) is 13.7. The molecule has 3 nitrogen and oxygen atoms in total. The monoisotopic (exact) mass is 403 g/mol. The van der Waals surface area contributed by atoms with Crippen molar-refractivity contribution in [1.29, 1.82) is 0 Å². The number of amides is 1. The molecule has 0 spiro atoms. The Morgan fingerprint density at radius 2 is 1.79 bits per heavy atom. The van der Waals surface area contributed by atoms with Gasteiger partial charge in [0.15, 0.2) is 4.32 Å². The van der Waals surface area contributed by atoms with Crippen LogP contribution in [0.15, 0.2) is 84.3 Å². The summed E-state index contributed by atoms with van der Waals surface area (Å²) in [5.74, 6) is 0.665. The highest BCUT2D eigenvalue weighted by Gasteiger charge is 2.33. The molecule has 5 heteroatoms. The summed E-state index contributed by atoms with van der Waals surface area (Å²) in [7, 11) is 0. The van der Waals surface area contributed by atoms with Gasteiger partial charge in [-0.25, -0.2) is 0 Å². The molecule has 0 unspecified atom stereocenters. The van der Waals surface area contributed by atoms with E-state index in [-0.39, 0.29) is 5.91 Å². The Morgan fingerprint density at radius 3 is 2.54 bits per heavy atom. The summed E-state index contributed by atoms with van der Waals surface area (Å²) in [5.41, 5.74) is 1.71. The summed E-state index contributed by atoms with van der Waals surface area (Å²) >= 11 is 6.80. The van der Waals surface area contributed by atoms with Gasteiger partial charge in [-0.1, -0.05) is 79.1 Å². The van der Waals surface area contributed by atoms with E-state index in [1.54, 1.807) is 11.0 Å². The molecular weight excluding hydrogens is 386 g/mol. The lowest BCUT2D eigenvalue weighted by Gasteiger charge is -2.15. The van der Waals surface area contributed by atoms with Crippen LogP contribution in [0, 0.1) is 0 Å². The van der Waals surface area contributed by atoms with E-state index in [1.807, 2.05) is 72.8 Å². The van der Waals surface area contributed by atoms with E-state index in [2.05, 4.69) is 6.58 Å². The van der Waals surface area contributed by atoms with Gasteiger partial charge >= 0.3 is 0 Å². The van der Waals surface area contributed by atoms with Crippen molar-refractivity contribution in [2.24, 2.45) is 0 Å². The molecule has 0 aliphatic carbocycles. The first kappa shape index (κ1) is 18.5. The molecule has 0 radical (unpaired) electrons. The largest absolute Gasteiger partial charge is 0.490 e. The highest BCUT2D eigenvalue weighted by atomic mass is 32.2. The van der Waals surface area contributed by atoms with Crippen LogP contribution in [0.5, 0.6) is 5.75 Å². The molecule has 0 bridgehead atoms. The lowest BCUT2D eigenvalue weighted by atomic mass is 10.1. The zero-order valence-electron chi connectivity index (χ0n) is 15.0. The maximum absolute atomic E-state index is 13.0. The van der Waals surface area contributed by atoms with E-state index in [1.165, 1.54) is 11.8 Å². The van der Waals surface area contributed by atoms with Crippen LogP contribution < -0.4 is 9.64 Å². The Bertz CT molecular complexity index is 1100. The van der Waals surface area contributed by atoms with Crippen LogP contribution in [0.3, 0.4) is 0 Å². The second-order valence-corrected chi connectivity index (χ2v) is 7.89. The predicted octanol–water partition coefficient (Wildman–Crippen LogP) is 5.81. The lowest BCUT2D eigenvalue weighted by Crippen LogP contribution is -2.27. The van der Waals surface area contributed by atoms with Crippen molar-refractivity contribution in [3.63, 3.8) is 0 Å². The molecule has 3 aromatic rings. The molecule has 4 rings (SSSR count). The van der Waals surface area contributed by atoms with E-state index in [9.17, 15) is 4.79 Å². The highest BCUT2D eigenvalue weighted by Crippen LogP contribution is 2.37. The summed E-state index contributed by atoms with van der Waals surface area (Å²) in [6.07, 6.45) is 3.56. The van der Waals surface area contributed by atoms with Gasteiger partial charge in [0.05, 0.1) is 10.6 Å². The van der Waals surface area contributed by atoms with E-state index in [0.717, 1.165) is 27.8 Å². The van der Waals surface area contributed by atoms with E-state index >= 15 is 0 Å². The third kappa shape index (κ3) is 3.72. The molecule has 0 N–H and O–H groups in total. The predicted molar refractivity (Wildman–Crippen MR) is 122 cm³/mol. The second-order valence-electron chi connectivity index (χ2n) is 6.22. The average molecular weight is 404 g/mol. The number of nitrogens with zero attached hydrogens (tertiary/aromatic N) is 1. The van der Waals surface area contributed by atoms with Crippen molar-refractivity contribution >= 4 is 56.7 Å². The molecule has 1 saturated heterocycles. The molecule has 1 amide bonds. The number of benzene rings is 3. The number of fused-ring (bicyclic) bond motifs is 1. The first-order valence-corrected chi connectivity index (χ1v) is 9.99. The average Bonchev–Trinajstić information content (AvgIpc) is 3.00. The fourth-order valence-corrected chi connectivity index (χ4v) is 4.27. The maximum atomic E-state index is 13.0. The topological polar surface area (TPSA) is 29.5 Å². The number of hydrogen-bond donors (Lipinski definition) is 0. The summed E-state index contributed by atoms with van der Waals surface area (Å²) in [6.45, 7) is 4.10. The van der Waals surface area contributed by atoms with Crippen molar-refractivity contribution in [3.8, 4) is 5.75 Å². The molecule has 138 valence electrons. The van der Waals surface area contributed by atoms with Crippen LogP contribution in [0.1, 0.15) is 5.56 Å². The van der Waals surface area contributed by atoms with Gasteiger partial charge in [-0.15, -0.1) is 0 Å². The summed E-state index contributed by atoms with van der Waals surface area (Å²) in [4.78, 5) is 15.2. The fraction of sp³-hybridized carbons (Fsp3) is 0.0435. The van der Waals surface area contributed by atoms with Gasteiger partial charge in [-0.2, -0.15) is 0 Å². The molecule has 0 atom stereocenters. The zero-order valence-corrected chi connectivity index (χ0v) is 16.6. The quantitative estimate of drug-likeness (QED) is 0.305. The maximum Gasteiger partial charge on any atom is 0.270 e. The molecule has 28 heavy (non-hydrogen) atoms. The van der Waals surface area contributed by atoms with Crippen molar-refractivity contribution < 1.29 is 9.53 Å². The lowest BCUT2D eigenvalue weighted by molar-refractivity contribution is -0.113. The van der Waals surface area contributed by atoms with Gasteiger partial charge in [0.25, 0.3) is 5.91 Å². The molecule has 1 aliphatic rings. The smallest absolute Gasteiger partial charge is 0.270 e. The van der Waals surface area contributed by atoms with Gasteiger partial charge in [-0.3, -0.25) is 9.69 Å². The molecule has 0 aromatic heterocycles. The summed E-state index contributed by atoms with van der Waals surface area (Å²) < 4.78 is 6.03. The fourth-order valence-electron chi connectivity index (χ4n) is 2.97. The van der Waals surface area contributed by atoms with Crippen molar-refractivity contribution in [2.45, 2.75) is 0 Å². The highest BCUT2D eigenvalue weighted by molar-refractivity contribution is 8.27. The third-order valence-corrected chi connectivity index (χ3v) is 5.63. The number of anilines is 1. The molecule has 1 fully saturated rings. The molecular formula is C23H17NO2S2. The standard InChI is InChI=1S/C23H17NO2S2/c1-2-13-26-20-11-7-16(8-12-20)14-21-22(25)24(23(27)28-21)19-10-9-17-5-3-4-6-18(17)15-19/h2-12,14-15H,1,13H2/b21-14-. The Morgan fingerprint density at radius 1 is 1.04 bits per heavy atom. The SMILES string of the molecule is C=CCOc1ccc(/C=C2\SC(=S)N(c3ccc4ccccc4c3)C2=O)cc1. The number of ether oxygens (including phenoxy) is 1. The van der Waals surface area contributed by atoms with Gasteiger partial charge in [0, 0.05) is 0 Å². The van der Waals surface area contributed by atoms with Crippen LogP contribution in [0.2, 0.25) is 0 Å². The molecule has 1 heterocycles. The summed E-state index contributed by atoms with van der Waals surface area (Å²) in [6, 6.07) is 21.6. The van der Waals surface area contributed by atoms with E-state index < -0.39 is 0 Å². The Hall–Kier alpha value is -2.89. The number of carbonyl (C=O) groups excluding carboxylic acids is 1. The minimum Gasteiger partial charge on any atom is -0.490 e. The van der Waals surface area contributed by atoms with Crippen LogP contribution in [-0.2, 0) is 4.79 Å². The van der Waals surface area contributed by atoms with Gasteiger partial charge in [0.2, 0.25) is 0 Å². The van der Waals surface area contributed by atoms with Gasteiger partial charge in [0.1, 0.15) is 12.4 Å². The zero-order chi connectivity index (χ0) is 19.5. The number of carbonyl (C=O) groups is 1. The second kappa shape index (κ2) is 8.00. The van der Waals surface area contributed by atoms with Crippen LogP contribution >= 0.6 is 24.0 Å².